The van der Waals surface area contributed by atoms with E-state index >= 15 is 0 Å². The molecule has 0 atom stereocenters. The fourth-order valence-corrected chi connectivity index (χ4v) is 2.33. The first-order valence-corrected chi connectivity index (χ1v) is 7.97. The first kappa shape index (κ1) is 17.0. The van der Waals surface area contributed by atoms with Crippen molar-refractivity contribution in [2.24, 2.45) is 0 Å². The third-order valence-electron chi connectivity index (χ3n) is 3.43. The Morgan fingerprint density at radius 2 is 1.70 bits per heavy atom. The highest BCUT2D eigenvalue weighted by Gasteiger charge is 2.04. The van der Waals surface area contributed by atoms with Crippen molar-refractivity contribution in [3.8, 4) is 0 Å². The molecule has 0 aliphatic heterocycles. The number of nitrogens with one attached hydrogen (secondary N) is 1. The molecule has 0 aromatic heterocycles. The summed E-state index contributed by atoms with van der Waals surface area (Å²) >= 11 is 0. The smallest absolute Gasteiger partial charge is 0.319 e. The van der Waals surface area contributed by atoms with Crippen LogP contribution >= 0.6 is 0 Å². The van der Waals surface area contributed by atoms with E-state index in [9.17, 15) is 4.79 Å². The summed E-state index contributed by atoms with van der Waals surface area (Å²) in [5.41, 5.74) is 3.62. The molecule has 0 saturated carbocycles. The van der Waals surface area contributed by atoms with E-state index in [1.165, 1.54) is 16.7 Å². The Bertz CT molecular complexity index is 621. The molecule has 3 nitrogen and oxygen atoms in total. The summed E-state index contributed by atoms with van der Waals surface area (Å²) in [5, 5.41) is 3.14. The fraction of sp³-hybridized carbons (Fsp3) is 0.250. The minimum atomic E-state index is -0.208. The van der Waals surface area contributed by atoms with Gasteiger partial charge in [-0.1, -0.05) is 66.7 Å². The molecule has 23 heavy (non-hydrogen) atoms. The number of esters is 1. The Hall–Kier alpha value is -2.39. The monoisotopic (exact) mass is 309 g/mol. The number of carbonyl (C=O) groups is 1. The van der Waals surface area contributed by atoms with Crippen molar-refractivity contribution in [3.05, 3.63) is 71.8 Å². The van der Waals surface area contributed by atoms with E-state index in [0.717, 1.165) is 13.0 Å². The summed E-state index contributed by atoms with van der Waals surface area (Å²) in [6.45, 7) is 3.21. The van der Waals surface area contributed by atoms with Crippen LogP contribution in [0.3, 0.4) is 0 Å². The molecule has 2 aromatic rings. The Labute approximate surface area is 138 Å². The molecule has 0 aliphatic rings. The molecule has 0 spiro atoms. The van der Waals surface area contributed by atoms with Crippen molar-refractivity contribution < 1.29 is 9.53 Å². The second kappa shape index (κ2) is 9.59. The molecule has 2 aromatic carbocycles. The highest BCUT2D eigenvalue weighted by atomic mass is 16.5. The van der Waals surface area contributed by atoms with Crippen molar-refractivity contribution >= 4 is 17.6 Å². The van der Waals surface area contributed by atoms with Crippen LogP contribution in [0.2, 0.25) is 0 Å². The van der Waals surface area contributed by atoms with E-state index in [0.29, 0.717) is 6.61 Å². The summed E-state index contributed by atoms with van der Waals surface area (Å²) < 4.78 is 4.91. The van der Waals surface area contributed by atoms with Gasteiger partial charge in [0.1, 0.15) is 0 Å². The van der Waals surface area contributed by atoms with Gasteiger partial charge in [-0.15, -0.1) is 0 Å². The standard InChI is InChI=1S/C20H23NO2/c1-2-23-20(22)16-21-14-13-19(18-11-7-4-8-12-18)15-17-9-5-3-6-10-17/h3-12,15,21H,2,13-14,16H2,1H3/b19-15-. The molecule has 0 heterocycles. The Balaban J connectivity index is 2.01. The maximum Gasteiger partial charge on any atom is 0.319 e. The number of rotatable bonds is 8. The minimum Gasteiger partial charge on any atom is -0.465 e. The molecule has 2 rings (SSSR count). The van der Waals surface area contributed by atoms with Crippen LogP contribution in [0, 0.1) is 0 Å². The van der Waals surface area contributed by atoms with Crippen molar-refractivity contribution in [2.45, 2.75) is 13.3 Å². The van der Waals surface area contributed by atoms with Gasteiger partial charge in [0.2, 0.25) is 0 Å². The predicted octanol–water partition coefficient (Wildman–Crippen LogP) is 3.77. The van der Waals surface area contributed by atoms with Crippen LogP contribution in [-0.4, -0.2) is 25.7 Å². The van der Waals surface area contributed by atoms with Gasteiger partial charge in [-0.2, -0.15) is 0 Å². The zero-order valence-electron chi connectivity index (χ0n) is 13.5. The highest BCUT2D eigenvalue weighted by molar-refractivity contribution is 5.81. The Morgan fingerprint density at radius 1 is 1.04 bits per heavy atom. The fourth-order valence-electron chi connectivity index (χ4n) is 2.33. The third-order valence-corrected chi connectivity index (χ3v) is 3.43. The van der Waals surface area contributed by atoms with Crippen molar-refractivity contribution in [1.82, 2.24) is 5.32 Å². The topological polar surface area (TPSA) is 38.3 Å². The van der Waals surface area contributed by atoms with Gasteiger partial charge in [0.05, 0.1) is 13.2 Å². The number of hydrogen-bond acceptors (Lipinski definition) is 3. The summed E-state index contributed by atoms with van der Waals surface area (Å²) in [5.74, 6) is -0.208. The largest absolute Gasteiger partial charge is 0.465 e. The zero-order chi connectivity index (χ0) is 16.3. The van der Waals surface area contributed by atoms with E-state index in [1.54, 1.807) is 0 Å². The van der Waals surface area contributed by atoms with Gasteiger partial charge < -0.3 is 10.1 Å². The molecule has 0 aliphatic carbocycles. The van der Waals surface area contributed by atoms with E-state index < -0.39 is 0 Å². The molecule has 0 amide bonds. The number of ether oxygens (including phenoxy) is 1. The highest BCUT2D eigenvalue weighted by Crippen LogP contribution is 2.21. The third kappa shape index (κ3) is 6.09. The lowest BCUT2D eigenvalue weighted by atomic mass is 10.00. The molecule has 3 heteroatoms. The predicted molar refractivity (Wildman–Crippen MR) is 94.9 cm³/mol. The molecular formula is C20H23NO2. The summed E-state index contributed by atoms with van der Waals surface area (Å²) in [4.78, 5) is 11.3. The Morgan fingerprint density at radius 3 is 2.35 bits per heavy atom. The molecule has 0 fully saturated rings. The number of carbonyl (C=O) groups excluding carboxylic acids is 1. The lowest BCUT2D eigenvalue weighted by Gasteiger charge is -2.10. The van der Waals surface area contributed by atoms with Gasteiger partial charge in [-0.05, 0) is 36.6 Å². The number of benzene rings is 2. The first-order chi connectivity index (χ1) is 11.3. The van der Waals surface area contributed by atoms with E-state index in [-0.39, 0.29) is 12.5 Å². The van der Waals surface area contributed by atoms with Crippen LogP contribution in [0.25, 0.3) is 11.6 Å². The van der Waals surface area contributed by atoms with E-state index in [1.807, 2.05) is 43.3 Å². The van der Waals surface area contributed by atoms with Gasteiger partial charge in [0.25, 0.3) is 0 Å². The second-order valence-corrected chi connectivity index (χ2v) is 5.18. The van der Waals surface area contributed by atoms with E-state index in [4.69, 9.17) is 4.74 Å². The quantitative estimate of drug-likeness (QED) is 0.458. The molecule has 0 saturated heterocycles. The van der Waals surface area contributed by atoms with Crippen LogP contribution in [0.15, 0.2) is 60.7 Å². The summed E-state index contributed by atoms with van der Waals surface area (Å²) in [7, 11) is 0. The van der Waals surface area contributed by atoms with Crippen LogP contribution in [-0.2, 0) is 9.53 Å². The molecular weight excluding hydrogens is 286 g/mol. The van der Waals surface area contributed by atoms with Gasteiger partial charge in [0.15, 0.2) is 0 Å². The summed E-state index contributed by atoms with van der Waals surface area (Å²) in [6, 6.07) is 20.6. The van der Waals surface area contributed by atoms with Gasteiger partial charge in [-0.3, -0.25) is 4.79 Å². The van der Waals surface area contributed by atoms with Crippen LogP contribution < -0.4 is 5.32 Å². The normalized spacial score (nSPS) is 11.3. The average Bonchev–Trinajstić information content (AvgIpc) is 2.59. The lowest BCUT2D eigenvalue weighted by Crippen LogP contribution is -2.25. The molecule has 120 valence electrons. The number of hydrogen-bond donors (Lipinski definition) is 1. The minimum absolute atomic E-state index is 0.208. The molecule has 0 unspecified atom stereocenters. The van der Waals surface area contributed by atoms with Gasteiger partial charge in [0, 0.05) is 0 Å². The van der Waals surface area contributed by atoms with Gasteiger partial charge >= 0.3 is 5.97 Å². The van der Waals surface area contributed by atoms with Crippen LogP contribution in [0.5, 0.6) is 0 Å². The zero-order valence-corrected chi connectivity index (χ0v) is 13.5. The maximum atomic E-state index is 11.3. The van der Waals surface area contributed by atoms with E-state index in [2.05, 4.69) is 35.7 Å². The summed E-state index contributed by atoms with van der Waals surface area (Å²) in [6.07, 6.45) is 3.04. The SMILES string of the molecule is CCOC(=O)CNCC/C(=C/c1ccccc1)c1ccccc1. The molecule has 0 radical (unpaired) electrons. The molecule has 1 N–H and O–H groups in total. The second-order valence-electron chi connectivity index (χ2n) is 5.18. The van der Waals surface area contributed by atoms with Crippen molar-refractivity contribution in [2.75, 3.05) is 19.7 Å². The first-order valence-electron chi connectivity index (χ1n) is 7.97. The van der Waals surface area contributed by atoms with Crippen LogP contribution in [0.1, 0.15) is 24.5 Å². The Kier molecular flexibility index (Phi) is 7.08. The maximum absolute atomic E-state index is 11.3. The van der Waals surface area contributed by atoms with Crippen LogP contribution in [0.4, 0.5) is 0 Å². The van der Waals surface area contributed by atoms with Crippen molar-refractivity contribution in [1.29, 1.82) is 0 Å². The molecule has 0 bridgehead atoms. The van der Waals surface area contributed by atoms with Gasteiger partial charge in [-0.25, -0.2) is 0 Å². The average molecular weight is 309 g/mol. The lowest BCUT2D eigenvalue weighted by molar-refractivity contribution is -0.141. The van der Waals surface area contributed by atoms with Crippen molar-refractivity contribution in [3.63, 3.8) is 0 Å².